The van der Waals surface area contributed by atoms with E-state index in [-0.39, 0.29) is 12.6 Å². The van der Waals surface area contributed by atoms with Gasteiger partial charge in [-0.3, -0.25) is 0 Å². The van der Waals surface area contributed by atoms with E-state index in [0.717, 1.165) is 24.4 Å². The summed E-state index contributed by atoms with van der Waals surface area (Å²) in [6.07, 6.45) is -1.88. The summed E-state index contributed by atoms with van der Waals surface area (Å²) >= 11 is 0. The van der Waals surface area contributed by atoms with Crippen molar-refractivity contribution in [1.29, 1.82) is 0 Å². The highest BCUT2D eigenvalue weighted by Crippen LogP contribution is 2.29. The van der Waals surface area contributed by atoms with Gasteiger partial charge in [-0.2, -0.15) is 13.2 Å². The maximum Gasteiger partial charge on any atom is 0.416 e. The van der Waals surface area contributed by atoms with E-state index in [1.54, 1.807) is 12.4 Å². The highest BCUT2D eigenvalue weighted by atomic mass is 19.4. The molecule has 1 heterocycles. The molecular weight excluding hydrogens is 381 g/mol. The molecule has 0 saturated carbocycles. The van der Waals surface area contributed by atoms with E-state index < -0.39 is 11.7 Å². The average molecular weight is 410 g/mol. The lowest BCUT2D eigenvalue weighted by Gasteiger charge is -2.21. The first-order chi connectivity index (χ1) is 13.7. The second kappa shape index (κ2) is 10.3. The molecule has 0 aliphatic heterocycles. The van der Waals surface area contributed by atoms with Gasteiger partial charge in [-0.25, -0.2) is 4.99 Å². The van der Waals surface area contributed by atoms with Crippen molar-refractivity contribution < 1.29 is 13.2 Å². The molecular formula is C20H29F3N6. The van der Waals surface area contributed by atoms with Crippen LogP contribution in [-0.2, 0) is 25.7 Å². The molecule has 0 aliphatic rings. The molecule has 0 spiro atoms. The van der Waals surface area contributed by atoms with Gasteiger partial charge in [0.15, 0.2) is 5.96 Å². The van der Waals surface area contributed by atoms with E-state index in [2.05, 4.69) is 39.7 Å². The van der Waals surface area contributed by atoms with Gasteiger partial charge in [0.25, 0.3) is 0 Å². The molecule has 0 amide bonds. The summed E-state index contributed by atoms with van der Waals surface area (Å²) in [6, 6.07) is 5.41. The van der Waals surface area contributed by atoms with Crippen LogP contribution < -0.4 is 10.6 Å². The third-order valence-electron chi connectivity index (χ3n) is 4.70. The van der Waals surface area contributed by atoms with Crippen molar-refractivity contribution >= 4 is 5.96 Å². The molecule has 6 nitrogen and oxygen atoms in total. The first kappa shape index (κ1) is 22.7. The van der Waals surface area contributed by atoms with Crippen LogP contribution in [-0.4, -0.2) is 33.3 Å². The highest BCUT2D eigenvalue weighted by molar-refractivity contribution is 5.80. The topological polar surface area (TPSA) is 67.1 Å². The molecule has 2 N–H and O–H groups in total. The van der Waals surface area contributed by atoms with Crippen LogP contribution in [0.2, 0.25) is 0 Å². The Balaban J connectivity index is 2.06. The van der Waals surface area contributed by atoms with E-state index in [9.17, 15) is 13.2 Å². The van der Waals surface area contributed by atoms with Crippen LogP contribution in [0.4, 0.5) is 13.2 Å². The maximum atomic E-state index is 12.9. The minimum Gasteiger partial charge on any atom is -0.355 e. The Morgan fingerprint density at radius 2 is 2.00 bits per heavy atom. The zero-order valence-corrected chi connectivity index (χ0v) is 17.3. The van der Waals surface area contributed by atoms with Gasteiger partial charge in [-0.1, -0.05) is 32.9 Å². The average Bonchev–Trinajstić information content (AvgIpc) is 3.12. The first-order valence-corrected chi connectivity index (χ1v) is 9.78. The molecule has 1 unspecified atom stereocenters. The first-order valence-electron chi connectivity index (χ1n) is 9.78. The fourth-order valence-electron chi connectivity index (χ4n) is 2.59. The van der Waals surface area contributed by atoms with Crippen LogP contribution in [0.5, 0.6) is 0 Å². The molecule has 0 bridgehead atoms. The minimum atomic E-state index is -4.36. The van der Waals surface area contributed by atoms with Crippen molar-refractivity contribution in [2.45, 2.75) is 59.4 Å². The molecule has 0 saturated heterocycles. The summed E-state index contributed by atoms with van der Waals surface area (Å²) in [5.41, 5.74) is -0.159. The van der Waals surface area contributed by atoms with Crippen LogP contribution in [0.25, 0.3) is 0 Å². The number of rotatable bonds is 8. The molecule has 9 heteroatoms. The number of alkyl halides is 3. The van der Waals surface area contributed by atoms with E-state index >= 15 is 0 Å². The number of aromatic nitrogens is 3. The van der Waals surface area contributed by atoms with Crippen molar-refractivity contribution in [3.8, 4) is 0 Å². The largest absolute Gasteiger partial charge is 0.416 e. The van der Waals surface area contributed by atoms with Crippen molar-refractivity contribution in [3.05, 3.63) is 47.5 Å². The fourth-order valence-corrected chi connectivity index (χ4v) is 2.59. The Kier molecular flexibility index (Phi) is 8.04. The number of nitrogens with zero attached hydrogens (tertiary/aromatic N) is 4. The Bertz CT molecular complexity index is 798. The van der Waals surface area contributed by atoms with Crippen LogP contribution in [0.1, 0.15) is 44.6 Å². The predicted octanol–water partition coefficient (Wildman–Crippen LogP) is 3.64. The zero-order valence-electron chi connectivity index (χ0n) is 17.3. The number of hydrogen-bond donors (Lipinski definition) is 2. The molecule has 1 aromatic heterocycles. The van der Waals surface area contributed by atoms with Gasteiger partial charge in [0.1, 0.15) is 12.2 Å². The standard InChI is InChI=1S/C20H29F3N6/c1-5-18-28-26-13-29(18)10-9-24-19(27-15(4)14(2)3)25-12-16-7-6-8-17(11-16)20(21,22)23/h6-8,11,13-15H,5,9-10,12H2,1-4H3,(H2,24,25,27). The Labute approximate surface area is 169 Å². The molecule has 29 heavy (non-hydrogen) atoms. The van der Waals surface area contributed by atoms with Gasteiger partial charge in [0.05, 0.1) is 12.1 Å². The third kappa shape index (κ3) is 7.07. The summed E-state index contributed by atoms with van der Waals surface area (Å²) in [6.45, 7) is 9.64. The Morgan fingerprint density at radius 1 is 1.24 bits per heavy atom. The predicted molar refractivity (Wildman–Crippen MR) is 107 cm³/mol. The van der Waals surface area contributed by atoms with Gasteiger partial charge < -0.3 is 15.2 Å². The van der Waals surface area contributed by atoms with E-state index in [4.69, 9.17) is 0 Å². The number of guanidine groups is 1. The monoisotopic (exact) mass is 410 g/mol. The normalized spacial score (nSPS) is 13.6. The fraction of sp³-hybridized carbons (Fsp3) is 0.550. The van der Waals surface area contributed by atoms with Crippen molar-refractivity contribution in [2.75, 3.05) is 6.54 Å². The molecule has 0 aliphatic carbocycles. The van der Waals surface area contributed by atoms with Crippen LogP contribution >= 0.6 is 0 Å². The zero-order chi connectivity index (χ0) is 21.4. The summed E-state index contributed by atoms with van der Waals surface area (Å²) in [7, 11) is 0. The number of aryl methyl sites for hydroxylation is 1. The van der Waals surface area contributed by atoms with Crippen LogP contribution in [0, 0.1) is 5.92 Å². The SMILES string of the molecule is CCc1nncn1CCNC(=NCc1cccc(C(F)(F)F)c1)NC(C)C(C)C. The second-order valence-electron chi connectivity index (χ2n) is 7.26. The maximum absolute atomic E-state index is 12.9. The molecule has 160 valence electrons. The number of nitrogens with one attached hydrogen (secondary N) is 2. The van der Waals surface area contributed by atoms with Gasteiger partial charge in [0.2, 0.25) is 0 Å². The summed E-state index contributed by atoms with van der Waals surface area (Å²) in [5.74, 6) is 1.84. The minimum absolute atomic E-state index is 0.150. The van der Waals surface area contributed by atoms with Gasteiger partial charge in [-0.15, -0.1) is 10.2 Å². The molecule has 1 aromatic carbocycles. The summed E-state index contributed by atoms with van der Waals surface area (Å²) in [5, 5.41) is 14.5. The lowest BCUT2D eigenvalue weighted by Crippen LogP contribution is -2.45. The lowest BCUT2D eigenvalue weighted by molar-refractivity contribution is -0.137. The number of hydrogen-bond acceptors (Lipinski definition) is 3. The van der Waals surface area contributed by atoms with E-state index in [1.807, 2.05) is 18.4 Å². The van der Waals surface area contributed by atoms with Crippen molar-refractivity contribution in [2.24, 2.45) is 10.9 Å². The molecule has 2 rings (SSSR count). The highest BCUT2D eigenvalue weighted by Gasteiger charge is 2.30. The van der Waals surface area contributed by atoms with Crippen molar-refractivity contribution in [3.63, 3.8) is 0 Å². The quantitative estimate of drug-likeness (QED) is 0.515. The molecule has 2 aromatic rings. The summed E-state index contributed by atoms with van der Waals surface area (Å²) < 4.78 is 40.7. The second-order valence-corrected chi connectivity index (χ2v) is 7.26. The van der Waals surface area contributed by atoms with Gasteiger partial charge >= 0.3 is 6.18 Å². The lowest BCUT2D eigenvalue weighted by atomic mass is 10.1. The molecule has 0 radical (unpaired) electrons. The Morgan fingerprint density at radius 3 is 2.66 bits per heavy atom. The third-order valence-corrected chi connectivity index (χ3v) is 4.70. The number of benzene rings is 1. The summed E-state index contributed by atoms with van der Waals surface area (Å²) in [4.78, 5) is 4.49. The number of halogens is 3. The smallest absolute Gasteiger partial charge is 0.355 e. The number of aliphatic imine (C=N–C) groups is 1. The van der Waals surface area contributed by atoms with Gasteiger partial charge in [0, 0.05) is 25.6 Å². The Hall–Kier alpha value is -2.58. The van der Waals surface area contributed by atoms with E-state index in [0.29, 0.717) is 30.5 Å². The van der Waals surface area contributed by atoms with Gasteiger partial charge in [-0.05, 0) is 30.5 Å². The van der Waals surface area contributed by atoms with Crippen molar-refractivity contribution in [1.82, 2.24) is 25.4 Å². The van der Waals surface area contributed by atoms with Crippen LogP contribution in [0.15, 0.2) is 35.6 Å². The van der Waals surface area contributed by atoms with E-state index in [1.165, 1.54) is 6.07 Å². The van der Waals surface area contributed by atoms with Crippen LogP contribution in [0.3, 0.4) is 0 Å². The molecule has 0 fully saturated rings. The molecule has 1 atom stereocenters.